The lowest BCUT2D eigenvalue weighted by molar-refractivity contribution is 0.342. The molecule has 3 nitrogen and oxygen atoms in total. The smallest absolute Gasteiger partial charge is 0.161 e. The Morgan fingerprint density at radius 1 is 1.17 bits per heavy atom. The van der Waals surface area contributed by atoms with E-state index in [0.717, 1.165) is 11.1 Å². The highest BCUT2D eigenvalue weighted by molar-refractivity contribution is 6.31. The largest absolute Gasteiger partial charge is 0.493 e. The Hall–Kier alpha value is -2.20. The van der Waals surface area contributed by atoms with Gasteiger partial charge in [0.1, 0.15) is 5.82 Å². The molecule has 0 fully saturated rings. The summed E-state index contributed by atoms with van der Waals surface area (Å²) in [5, 5.41) is 0.441. The molecular formula is C18H17ClFNO2. The lowest BCUT2D eigenvalue weighted by Crippen LogP contribution is -2.20. The van der Waals surface area contributed by atoms with Crippen LogP contribution in [0.2, 0.25) is 5.02 Å². The molecule has 1 heterocycles. The first kappa shape index (κ1) is 15.7. The molecule has 0 unspecified atom stereocenters. The highest BCUT2D eigenvalue weighted by atomic mass is 35.5. The Kier molecular flexibility index (Phi) is 4.44. The minimum Gasteiger partial charge on any atom is -0.493 e. The molecule has 1 aliphatic rings. The molecule has 2 aromatic carbocycles. The summed E-state index contributed by atoms with van der Waals surface area (Å²) in [6, 6.07) is 8.64. The average Bonchev–Trinajstić information content (AvgIpc) is 2.56. The second-order valence-corrected chi connectivity index (χ2v) is 5.73. The van der Waals surface area contributed by atoms with Crippen molar-refractivity contribution in [3.63, 3.8) is 0 Å². The Labute approximate surface area is 139 Å². The van der Waals surface area contributed by atoms with Crippen molar-refractivity contribution in [1.29, 1.82) is 0 Å². The van der Waals surface area contributed by atoms with Gasteiger partial charge in [0.25, 0.3) is 0 Å². The van der Waals surface area contributed by atoms with Crippen LogP contribution in [0.15, 0.2) is 36.5 Å². The summed E-state index contributed by atoms with van der Waals surface area (Å²) in [7, 11) is 3.23. The van der Waals surface area contributed by atoms with Crippen LogP contribution in [-0.4, -0.2) is 19.1 Å². The van der Waals surface area contributed by atoms with E-state index in [4.69, 9.17) is 21.1 Å². The minimum absolute atomic E-state index is 0.288. The quantitative estimate of drug-likeness (QED) is 0.823. The second kappa shape index (κ2) is 6.50. The van der Waals surface area contributed by atoms with E-state index in [2.05, 4.69) is 0 Å². The molecule has 0 bridgehead atoms. The number of ether oxygens (including phenoxy) is 2. The zero-order chi connectivity index (χ0) is 16.4. The fourth-order valence-electron chi connectivity index (χ4n) is 2.68. The van der Waals surface area contributed by atoms with E-state index in [0.29, 0.717) is 35.2 Å². The van der Waals surface area contributed by atoms with E-state index in [1.54, 1.807) is 26.4 Å². The Morgan fingerprint density at radius 3 is 2.61 bits per heavy atom. The number of methoxy groups -OCH3 is 2. The number of nitrogens with zero attached hydrogens (tertiary/aromatic N) is 1. The maximum Gasteiger partial charge on any atom is 0.161 e. The van der Waals surface area contributed by atoms with Crippen LogP contribution in [0.5, 0.6) is 11.5 Å². The van der Waals surface area contributed by atoms with Crippen LogP contribution in [0.3, 0.4) is 0 Å². The van der Waals surface area contributed by atoms with E-state index in [9.17, 15) is 4.39 Å². The monoisotopic (exact) mass is 333 g/mol. The standard InChI is InChI=1S/C18H17ClFNO2/c1-22-17-8-12-6-7-21(10-13(12)9-18(17)23-2)11-14-15(19)4-3-5-16(14)20/h3-9H,10-11H2,1-2H3. The lowest BCUT2D eigenvalue weighted by atomic mass is 10.0. The molecule has 0 radical (unpaired) electrons. The van der Waals surface area contributed by atoms with Crippen LogP contribution >= 0.6 is 11.6 Å². The number of rotatable bonds is 4. The van der Waals surface area contributed by atoms with Crippen molar-refractivity contribution in [3.05, 3.63) is 64.1 Å². The van der Waals surface area contributed by atoms with E-state index >= 15 is 0 Å². The molecule has 0 amide bonds. The summed E-state index contributed by atoms with van der Waals surface area (Å²) >= 11 is 6.11. The minimum atomic E-state index is -0.288. The Morgan fingerprint density at radius 2 is 1.91 bits per heavy atom. The van der Waals surface area contributed by atoms with Gasteiger partial charge in [-0.2, -0.15) is 0 Å². The SMILES string of the molecule is COc1cc2c(cc1OC)CN(Cc1c(F)cccc1Cl)C=C2. The van der Waals surface area contributed by atoms with Crippen LogP contribution in [0, 0.1) is 5.82 Å². The number of benzene rings is 2. The third kappa shape index (κ3) is 3.13. The summed E-state index contributed by atoms with van der Waals surface area (Å²) in [5.41, 5.74) is 2.67. The van der Waals surface area contributed by atoms with Gasteiger partial charge in [0.2, 0.25) is 0 Å². The zero-order valence-electron chi connectivity index (χ0n) is 13.0. The summed E-state index contributed by atoms with van der Waals surface area (Å²) in [6.07, 6.45) is 3.92. The molecule has 120 valence electrons. The van der Waals surface area contributed by atoms with Gasteiger partial charge in [0, 0.05) is 29.9 Å². The fraction of sp³-hybridized carbons (Fsp3) is 0.222. The topological polar surface area (TPSA) is 21.7 Å². The van der Waals surface area contributed by atoms with Gasteiger partial charge in [-0.05, 0) is 41.5 Å². The van der Waals surface area contributed by atoms with Crippen LogP contribution in [0.1, 0.15) is 16.7 Å². The second-order valence-electron chi connectivity index (χ2n) is 5.33. The Balaban J connectivity index is 1.86. The van der Waals surface area contributed by atoms with E-state index in [1.165, 1.54) is 6.07 Å². The van der Waals surface area contributed by atoms with Crippen LogP contribution in [0.4, 0.5) is 4.39 Å². The van der Waals surface area contributed by atoms with Crippen LogP contribution < -0.4 is 9.47 Å². The van der Waals surface area contributed by atoms with Gasteiger partial charge in [0.05, 0.1) is 14.2 Å². The molecule has 0 saturated carbocycles. The van der Waals surface area contributed by atoms with Gasteiger partial charge >= 0.3 is 0 Å². The molecule has 0 spiro atoms. The number of fused-ring (bicyclic) bond motifs is 1. The van der Waals surface area contributed by atoms with Gasteiger partial charge < -0.3 is 14.4 Å². The molecule has 23 heavy (non-hydrogen) atoms. The number of hydrogen-bond donors (Lipinski definition) is 0. The molecule has 0 atom stereocenters. The maximum absolute atomic E-state index is 13.9. The zero-order valence-corrected chi connectivity index (χ0v) is 13.7. The fourth-order valence-corrected chi connectivity index (χ4v) is 2.90. The number of halogens is 2. The van der Waals surface area contributed by atoms with Gasteiger partial charge in [-0.15, -0.1) is 0 Å². The molecule has 0 saturated heterocycles. The van der Waals surface area contributed by atoms with Crippen molar-refractivity contribution in [2.24, 2.45) is 0 Å². The average molecular weight is 334 g/mol. The maximum atomic E-state index is 13.9. The van der Waals surface area contributed by atoms with Gasteiger partial charge in [-0.3, -0.25) is 0 Å². The van der Waals surface area contributed by atoms with E-state index < -0.39 is 0 Å². The highest BCUT2D eigenvalue weighted by Gasteiger charge is 2.17. The molecule has 0 aromatic heterocycles. The predicted molar refractivity (Wildman–Crippen MR) is 89.2 cm³/mol. The Bertz CT molecular complexity index is 741. The third-order valence-electron chi connectivity index (χ3n) is 3.91. The molecule has 2 aromatic rings. The first-order chi connectivity index (χ1) is 11.1. The molecule has 3 rings (SSSR count). The molecule has 5 heteroatoms. The summed E-state index contributed by atoms with van der Waals surface area (Å²) in [4.78, 5) is 2.01. The van der Waals surface area contributed by atoms with Crippen LogP contribution in [0.25, 0.3) is 6.08 Å². The van der Waals surface area contributed by atoms with Gasteiger partial charge in [-0.1, -0.05) is 17.7 Å². The van der Waals surface area contributed by atoms with Gasteiger partial charge in [0.15, 0.2) is 11.5 Å². The molecule has 0 N–H and O–H groups in total. The van der Waals surface area contributed by atoms with Crippen molar-refractivity contribution in [2.45, 2.75) is 13.1 Å². The summed E-state index contributed by atoms with van der Waals surface area (Å²) < 4.78 is 24.6. The predicted octanol–water partition coefficient (Wildman–Crippen LogP) is 4.48. The summed E-state index contributed by atoms with van der Waals surface area (Å²) in [5.74, 6) is 1.09. The lowest BCUT2D eigenvalue weighted by Gasteiger charge is -2.26. The van der Waals surface area contributed by atoms with E-state index in [1.807, 2.05) is 29.3 Å². The van der Waals surface area contributed by atoms with Crippen molar-refractivity contribution in [2.75, 3.05) is 14.2 Å². The van der Waals surface area contributed by atoms with Crippen molar-refractivity contribution in [1.82, 2.24) is 4.90 Å². The van der Waals surface area contributed by atoms with Crippen molar-refractivity contribution < 1.29 is 13.9 Å². The van der Waals surface area contributed by atoms with E-state index in [-0.39, 0.29) is 5.82 Å². The first-order valence-corrected chi connectivity index (χ1v) is 7.60. The normalized spacial score (nSPS) is 13.0. The molecule has 0 aliphatic carbocycles. The number of hydrogen-bond acceptors (Lipinski definition) is 3. The van der Waals surface area contributed by atoms with Crippen molar-refractivity contribution in [3.8, 4) is 11.5 Å². The molecule has 1 aliphatic heterocycles. The third-order valence-corrected chi connectivity index (χ3v) is 4.26. The summed E-state index contributed by atoms with van der Waals surface area (Å²) in [6.45, 7) is 1.06. The van der Waals surface area contributed by atoms with Crippen LogP contribution in [-0.2, 0) is 13.1 Å². The molecular weight excluding hydrogens is 317 g/mol. The van der Waals surface area contributed by atoms with Gasteiger partial charge in [-0.25, -0.2) is 4.39 Å². The van der Waals surface area contributed by atoms with Crippen molar-refractivity contribution >= 4 is 17.7 Å². The highest BCUT2D eigenvalue weighted by Crippen LogP contribution is 2.34. The first-order valence-electron chi connectivity index (χ1n) is 7.22.